The molecular weight excluding hydrogens is 206 g/mol. The Labute approximate surface area is 94.3 Å². The molecule has 2 rings (SSSR count). The van der Waals surface area contributed by atoms with Gasteiger partial charge in [0.2, 0.25) is 0 Å². The van der Waals surface area contributed by atoms with Crippen LogP contribution in [-0.2, 0) is 4.74 Å². The summed E-state index contributed by atoms with van der Waals surface area (Å²) in [5, 5.41) is 0. The predicted octanol–water partition coefficient (Wildman–Crippen LogP) is 1.34. The van der Waals surface area contributed by atoms with Gasteiger partial charge in [-0.2, -0.15) is 0 Å². The van der Waals surface area contributed by atoms with Gasteiger partial charge in [-0.3, -0.25) is 4.79 Å². The van der Waals surface area contributed by atoms with E-state index >= 15 is 0 Å². The van der Waals surface area contributed by atoms with Crippen molar-refractivity contribution in [2.24, 2.45) is 5.73 Å². The highest BCUT2D eigenvalue weighted by Gasteiger charge is 2.17. The van der Waals surface area contributed by atoms with Crippen LogP contribution in [0.4, 0.5) is 0 Å². The minimum Gasteiger partial charge on any atom is -0.490 e. The van der Waals surface area contributed by atoms with Crippen molar-refractivity contribution in [3.05, 3.63) is 29.8 Å². The molecule has 4 nitrogen and oxygen atoms in total. The number of para-hydroxylation sites is 1. The molecule has 1 heterocycles. The van der Waals surface area contributed by atoms with Gasteiger partial charge >= 0.3 is 0 Å². The van der Waals surface area contributed by atoms with Crippen LogP contribution in [0.3, 0.4) is 0 Å². The SMILES string of the molecule is NC(=O)c1ccccc1OCC1CCCO1. The second-order valence-corrected chi connectivity index (χ2v) is 3.81. The Hall–Kier alpha value is -1.55. The number of carbonyl (C=O) groups is 1. The lowest BCUT2D eigenvalue weighted by Crippen LogP contribution is -2.19. The Morgan fingerprint density at radius 3 is 3.00 bits per heavy atom. The number of hydrogen-bond donors (Lipinski definition) is 1. The summed E-state index contributed by atoms with van der Waals surface area (Å²) in [6.07, 6.45) is 2.23. The first kappa shape index (κ1) is 11.0. The zero-order chi connectivity index (χ0) is 11.4. The van der Waals surface area contributed by atoms with Crippen molar-refractivity contribution in [1.82, 2.24) is 0 Å². The molecule has 0 saturated carbocycles. The van der Waals surface area contributed by atoms with Crippen molar-refractivity contribution in [1.29, 1.82) is 0 Å². The second-order valence-electron chi connectivity index (χ2n) is 3.81. The lowest BCUT2D eigenvalue weighted by molar-refractivity contribution is 0.0672. The van der Waals surface area contributed by atoms with E-state index in [0.29, 0.717) is 17.9 Å². The van der Waals surface area contributed by atoms with Crippen LogP contribution in [0.15, 0.2) is 24.3 Å². The van der Waals surface area contributed by atoms with Crippen LogP contribution in [0, 0.1) is 0 Å². The van der Waals surface area contributed by atoms with Crippen LogP contribution in [0.25, 0.3) is 0 Å². The van der Waals surface area contributed by atoms with Gasteiger partial charge in [-0.1, -0.05) is 12.1 Å². The van der Waals surface area contributed by atoms with E-state index in [1.807, 2.05) is 6.07 Å². The van der Waals surface area contributed by atoms with Crippen LogP contribution in [0.2, 0.25) is 0 Å². The second kappa shape index (κ2) is 4.99. The van der Waals surface area contributed by atoms with Crippen molar-refractivity contribution in [2.75, 3.05) is 13.2 Å². The standard InChI is InChI=1S/C12H15NO3/c13-12(14)10-5-1-2-6-11(10)16-8-9-4-3-7-15-9/h1-2,5-6,9H,3-4,7-8H2,(H2,13,14). The molecule has 0 aromatic heterocycles. The highest BCUT2D eigenvalue weighted by molar-refractivity contribution is 5.95. The molecule has 1 unspecified atom stereocenters. The Bertz CT molecular complexity index is 372. The molecule has 0 bridgehead atoms. The van der Waals surface area contributed by atoms with E-state index in [9.17, 15) is 4.79 Å². The van der Waals surface area contributed by atoms with Crippen LogP contribution >= 0.6 is 0 Å². The number of rotatable bonds is 4. The maximum absolute atomic E-state index is 11.1. The number of benzene rings is 1. The molecule has 16 heavy (non-hydrogen) atoms. The summed E-state index contributed by atoms with van der Waals surface area (Å²) < 4.78 is 11.0. The van der Waals surface area contributed by atoms with Gasteiger partial charge in [-0.15, -0.1) is 0 Å². The van der Waals surface area contributed by atoms with Gasteiger partial charge in [0, 0.05) is 6.61 Å². The summed E-state index contributed by atoms with van der Waals surface area (Å²) in [4.78, 5) is 11.1. The van der Waals surface area contributed by atoms with Crippen LogP contribution < -0.4 is 10.5 Å². The van der Waals surface area contributed by atoms with Crippen molar-refractivity contribution in [3.8, 4) is 5.75 Å². The smallest absolute Gasteiger partial charge is 0.252 e. The van der Waals surface area contributed by atoms with Crippen LogP contribution in [-0.4, -0.2) is 25.2 Å². The van der Waals surface area contributed by atoms with Crippen molar-refractivity contribution in [2.45, 2.75) is 18.9 Å². The first-order valence-corrected chi connectivity index (χ1v) is 5.40. The number of amides is 1. The summed E-state index contributed by atoms with van der Waals surface area (Å²) in [5.41, 5.74) is 5.67. The number of nitrogens with two attached hydrogens (primary N) is 1. The normalized spacial score (nSPS) is 19.6. The molecule has 2 N–H and O–H groups in total. The molecule has 1 aliphatic rings. The molecule has 1 aromatic rings. The van der Waals surface area contributed by atoms with Gasteiger partial charge in [0.1, 0.15) is 12.4 Å². The summed E-state index contributed by atoms with van der Waals surface area (Å²) in [6, 6.07) is 6.98. The van der Waals surface area contributed by atoms with E-state index in [1.165, 1.54) is 0 Å². The van der Waals surface area contributed by atoms with E-state index < -0.39 is 5.91 Å². The summed E-state index contributed by atoms with van der Waals surface area (Å²) in [6.45, 7) is 1.27. The molecule has 0 radical (unpaired) electrons. The summed E-state index contributed by atoms with van der Waals surface area (Å²) in [7, 11) is 0. The van der Waals surface area contributed by atoms with E-state index in [2.05, 4.69) is 0 Å². The van der Waals surface area contributed by atoms with Gasteiger partial charge < -0.3 is 15.2 Å². The minimum absolute atomic E-state index is 0.140. The van der Waals surface area contributed by atoms with Crippen molar-refractivity contribution in [3.63, 3.8) is 0 Å². The lowest BCUT2D eigenvalue weighted by Gasteiger charge is -2.13. The van der Waals surface area contributed by atoms with E-state index in [1.54, 1.807) is 18.2 Å². The summed E-state index contributed by atoms with van der Waals surface area (Å²) >= 11 is 0. The molecule has 1 aliphatic heterocycles. The quantitative estimate of drug-likeness (QED) is 0.834. The Morgan fingerprint density at radius 2 is 2.31 bits per heavy atom. The topological polar surface area (TPSA) is 61.6 Å². The van der Waals surface area contributed by atoms with Gasteiger partial charge in [0.15, 0.2) is 0 Å². The fraction of sp³-hybridized carbons (Fsp3) is 0.417. The molecule has 86 valence electrons. The minimum atomic E-state index is -0.469. The highest BCUT2D eigenvalue weighted by atomic mass is 16.5. The van der Waals surface area contributed by atoms with Gasteiger partial charge in [-0.05, 0) is 25.0 Å². The average Bonchev–Trinajstić information content (AvgIpc) is 2.79. The highest BCUT2D eigenvalue weighted by Crippen LogP contribution is 2.19. The Kier molecular flexibility index (Phi) is 3.41. The molecular formula is C12H15NO3. The maximum atomic E-state index is 11.1. The van der Waals surface area contributed by atoms with Gasteiger partial charge in [-0.25, -0.2) is 0 Å². The monoisotopic (exact) mass is 221 g/mol. The zero-order valence-corrected chi connectivity index (χ0v) is 9.02. The lowest BCUT2D eigenvalue weighted by atomic mass is 10.2. The fourth-order valence-corrected chi connectivity index (χ4v) is 1.75. The predicted molar refractivity (Wildman–Crippen MR) is 59.4 cm³/mol. The molecule has 0 spiro atoms. The van der Waals surface area contributed by atoms with Gasteiger partial charge in [0.25, 0.3) is 5.91 Å². The first-order chi connectivity index (χ1) is 7.77. The van der Waals surface area contributed by atoms with Crippen molar-refractivity contribution < 1.29 is 14.3 Å². The number of carbonyl (C=O) groups excluding carboxylic acids is 1. The molecule has 4 heteroatoms. The fourth-order valence-electron chi connectivity index (χ4n) is 1.75. The van der Waals surface area contributed by atoms with Gasteiger partial charge in [0.05, 0.1) is 11.7 Å². The van der Waals surface area contributed by atoms with E-state index in [0.717, 1.165) is 19.4 Å². The third-order valence-electron chi connectivity index (χ3n) is 2.60. The molecule has 1 atom stereocenters. The van der Waals surface area contributed by atoms with E-state index in [-0.39, 0.29) is 6.10 Å². The Balaban J connectivity index is 2.00. The van der Waals surface area contributed by atoms with Crippen LogP contribution in [0.5, 0.6) is 5.75 Å². The van der Waals surface area contributed by atoms with Crippen LogP contribution in [0.1, 0.15) is 23.2 Å². The largest absolute Gasteiger partial charge is 0.490 e. The molecule has 1 fully saturated rings. The molecule has 1 amide bonds. The number of hydrogen-bond acceptors (Lipinski definition) is 3. The number of ether oxygens (including phenoxy) is 2. The van der Waals surface area contributed by atoms with E-state index in [4.69, 9.17) is 15.2 Å². The third-order valence-corrected chi connectivity index (χ3v) is 2.60. The molecule has 0 aliphatic carbocycles. The first-order valence-electron chi connectivity index (χ1n) is 5.40. The summed E-state index contributed by atoms with van der Waals surface area (Å²) in [5.74, 6) is 0.0634. The maximum Gasteiger partial charge on any atom is 0.252 e. The Morgan fingerprint density at radius 1 is 1.50 bits per heavy atom. The molecule has 1 saturated heterocycles. The number of primary amides is 1. The molecule has 1 aromatic carbocycles. The third kappa shape index (κ3) is 2.52. The average molecular weight is 221 g/mol. The van der Waals surface area contributed by atoms with Crippen molar-refractivity contribution >= 4 is 5.91 Å². The zero-order valence-electron chi connectivity index (χ0n) is 9.02.